The molecule has 0 radical (unpaired) electrons. The Bertz CT molecular complexity index is 1810. The van der Waals surface area contributed by atoms with Crippen LogP contribution >= 0.6 is 23.1 Å². The summed E-state index contributed by atoms with van der Waals surface area (Å²) in [5, 5.41) is 9.14. The topological polar surface area (TPSA) is 136 Å². The first-order valence-electron chi connectivity index (χ1n) is 12.0. The molecule has 202 valence electrons. The number of anilines is 1. The maximum absolute atomic E-state index is 14.3. The number of amides is 3. The van der Waals surface area contributed by atoms with Crippen molar-refractivity contribution in [1.82, 2.24) is 34.1 Å². The third kappa shape index (κ3) is 4.58. The van der Waals surface area contributed by atoms with Crippen molar-refractivity contribution in [3.05, 3.63) is 94.3 Å². The van der Waals surface area contributed by atoms with E-state index >= 15 is 0 Å². The summed E-state index contributed by atoms with van der Waals surface area (Å²) in [6.07, 6.45) is 3.35. The quantitative estimate of drug-likeness (QED) is 0.282. The summed E-state index contributed by atoms with van der Waals surface area (Å²) < 4.78 is 22.5. The highest BCUT2D eigenvalue weighted by Gasteiger charge is 2.36. The third-order valence-electron chi connectivity index (χ3n) is 6.51. The number of benzene rings is 2. The van der Waals surface area contributed by atoms with Crippen molar-refractivity contribution in [3.8, 4) is 0 Å². The molecule has 1 aliphatic rings. The lowest BCUT2D eigenvalue weighted by molar-refractivity contribution is -0.123. The summed E-state index contributed by atoms with van der Waals surface area (Å²) in [6.45, 7) is -0.158. The molecule has 1 unspecified atom stereocenters. The van der Waals surface area contributed by atoms with E-state index < -0.39 is 29.6 Å². The van der Waals surface area contributed by atoms with Gasteiger partial charge in [0.15, 0.2) is 5.82 Å². The Morgan fingerprint density at radius 3 is 2.85 bits per heavy atom. The van der Waals surface area contributed by atoms with Crippen molar-refractivity contribution in [1.29, 1.82) is 0 Å². The maximum Gasteiger partial charge on any atom is 0.287 e. The zero-order valence-electron chi connectivity index (χ0n) is 20.8. The molecule has 3 amide bonds. The molecule has 5 aromatic rings. The smallest absolute Gasteiger partial charge is 0.287 e. The van der Waals surface area contributed by atoms with Crippen molar-refractivity contribution in [2.24, 2.45) is 7.05 Å². The number of carbonyl (C=O) groups is 3. The molecule has 1 atom stereocenters. The first kappa shape index (κ1) is 25.6. The van der Waals surface area contributed by atoms with Gasteiger partial charge in [-0.3, -0.25) is 14.4 Å². The normalized spacial score (nSPS) is 14.6. The third-order valence-corrected chi connectivity index (χ3v) is 7.68. The van der Waals surface area contributed by atoms with Crippen molar-refractivity contribution < 1.29 is 18.8 Å². The second kappa shape index (κ2) is 10.2. The molecule has 11 nitrogen and oxygen atoms in total. The highest BCUT2D eigenvalue weighted by Crippen LogP contribution is 2.36. The molecule has 0 saturated heterocycles. The van der Waals surface area contributed by atoms with Crippen LogP contribution < -0.4 is 16.0 Å². The van der Waals surface area contributed by atoms with Gasteiger partial charge in [0.05, 0.1) is 23.0 Å². The number of nitrogens with zero attached hydrogens (tertiary/aromatic N) is 5. The molecule has 40 heavy (non-hydrogen) atoms. The van der Waals surface area contributed by atoms with E-state index in [0.717, 1.165) is 4.70 Å². The molecular weight excluding hydrogens is 559 g/mol. The van der Waals surface area contributed by atoms with Crippen LogP contribution in [0.4, 0.5) is 10.2 Å². The zero-order chi connectivity index (χ0) is 28.0. The number of fused-ring (bicyclic) bond motifs is 2. The van der Waals surface area contributed by atoms with E-state index in [0.29, 0.717) is 11.2 Å². The van der Waals surface area contributed by atoms with Crippen LogP contribution in [0, 0.1) is 5.82 Å². The molecule has 14 heteroatoms. The van der Waals surface area contributed by atoms with Gasteiger partial charge in [0.1, 0.15) is 23.9 Å². The zero-order valence-corrected chi connectivity index (χ0v) is 22.4. The average molecular weight is 579 g/mol. The number of imidazole rings is 2. The first-order chi connectivity index (χ1) is 19.3. The fourth-order valence-electron chi connectivity index (χ4n) is 4.58. The highest BCUT2D eigenvalue weighted by atomic mass is 35.5. The minimum atomic E-state index is -1.00. The molecule has 1 aliphatic heterocycles. The number of aryl methyl sites for hydroxylation is 1. The van der Waals surface area contributed by atoms with Gasteiger partial charge >= 0.3 is 0 Å². The van der Waals surface area contributed by atoms with Crippen LogP contribution in [0.25, 0.3) is 10.1 Å². The van der Waals surface area contributed by atoms with Gasteiger partial charge in [-0.15, -0.1) is 0 Å². The van der Waals surface area contributed by atoms with Gasteiger partial charge in [-0.2, -0.15) is 4.37 Å². The first-order valence-corrected chi connectivity index (χ1v) is 13.2. The van der Waals surface area contributed by atoms with Crippen molar-refractivity contribution in [3.63, 3.8) is 0 Å². The van der Waals surface area contributed by atoms with E-state index in [1.54, 1.807) is 36.1 Å². The minimum Gasteiger partial charge on any atom is -0.342 e. The van der Waals surface area contributed by atoms with Gasteiger partial charge in [-0.25, -0.2) is 14.4 Å². The summed E-state index contributed by atoms with van der Waals surface area (Å²) in [4.78, 5) is 48.2. The number of aromatic nitrogens is 5. The Hall–Kier alpha value is -4.62. The Morgan fingerprint density at radius 1 is 1.23 bits per heavy atom. The number of hydrogen-bond acceptors (Lipinski definition) is 7. The number of rotatable bonds is 6. The van der Waals surface area contributed by atoms with E-state index in [-0.39, 0.29) is 46.7 Å². The lowest BCUT2D eigenvalue weighted by Crippen LogP contribution is -2.41. The van der Waals surface area contributed by atoms with Gasteiger partial charge in [0, 0.05) is 35.4 Å². The minimum absolute atomic E-state index is 0.00884. The number of halogens is 2. The lowest BCUT2D eigenvalue weighted by atomic mass is 10.0. The van der Waals surface area contributed by atoms with Crippen LogP contribution in [-0.4, -0.2) is 41.2 Å². The standard InChI is InChI=1S/C26H20ClFN8O3S/c1-35-9-8-29-18(35)11-30-26(39)24-32-23(33-25(38)21-14-4-2-3-5-17(14)40-34-21)22-20(31-19(37)12-36(22)24)15-10-13(28)6-7-16(15)27/h2-10,20H,11-12H2,1H3,(H,30,39)(H,31,37)(H,33,38). The van der Waals surface area contributed by atoms with Gasteiger partial charge in [-0.05, 0) is 35.8 Å². The maximum atomic E-state index is 14.3. The Morgan fingerprint density at radius 2 is 2.05 bits per heavy atom. The van der Waals surface area contributed by atoms with Crippen molar-refractivity contribution >= 4 is 56.8 Å². The summed E-state index contributed by atoms with van der Waals surface area (Å²) in [5.41, 5.74) is 0.691. The van der Waals surface area contributed by atoms with Crippen molar-refractivity contribution in [2.45, 2.75) is 19.1 Å². The predicted octanol–water partition coefficient (Wildman–Crippen LogP) is 3.42. The summed E-state index contributed by atoms with van der Waals surface area (Å²) in [5.74, 6) is -1.68. The van der Waals surface area contributed by atoms with Crippen LogP contribution in [0.15, 0.2) is 54.9 Å². The van der Waals surface area contributed by atoms with Gasteiger partial charge in [-0.1, -0.05) is 29.8 Å². The molecule has 0 saturated carbocycles. The van der Waals surface area contributed by atoms with Gasteiger partial charge < -0.3 is 25.1 Å². The van der Waals surface area contributed by atoms with E-state index in [9.17, 15) is 18.8 Å². The second-order valence-corrected chi connectivity index (χ2v) is 10.3. The fraction of sp³-hybridized carbons (Fsp3) is 0.154. The van der Waals surface area contributed by atoms with E-state index in [1.165, 1.54) is 34.3 Å². The van der Waals surface area contributed by atoms with Crippen LogP contribution in [0.5, 0.6) is 0 Å². The Balaban J connectivity index is 1.43. The summed E-state index contributed by atoms with van der Waals surface area (Å²) in [6, 6.07) is 10.0. The molecular formula is C26H20ClFN8O3S. The van der Waals surface area contributed by atoms with Crippen LogP contribution in [0.1, 0.15) is 44.2 Å². The molecule has 0 aliphatic carbocycles. The van der Waals surface area contributed by atoms with Crippen LogP contribution in [0.3, 0.4) is 0 Å². The van der Waals surface area contributed by atoms with E-state index in [4.69, 9.17) is 11.6 Å². The number of carbonyl (C=O) groups excluding carboxylic acids is 3. The molecule has 0 bridgehead atoms. The molecule has 0 spiro atoms. The summed E-state index contributed by atoms with van der Waals surface area (Å²) in [7, 11) is 1.79. The SMILES string of the molecule is Cn1ccnc1CNC(=O)c1nc(NC(=O)c2nsc3ccccc23)c2n1CC(=O)NC2c1cc(F)ccc1Cl. The van der Waals surface area contributed by atoms with Gasteiger partial charge in [0.25, 0.3) is 11.8 Å². The fourth-order valence-corrected chi connectivity index (χ4v) is 5.58. The average Bonchev–Trinajstić information content (AvgIpc) is 3.65. The lowest BCUT2D eigenvalue weighted by Gasteiger charge is -2.28. The molecule has 3 aromatic heterocycles. The van der Waals surface area contributed by atoms with E-state index in [1.807, 2.05) is 12.1 Å². The Labute approximate surface area is 235 Å². The van der Waals surface area contributed by atoms with Crippen molar-refractivity contribution in [2.75, 3.05) is 5.32 Å². The second-order valence-electron chi connectivity index (χ2n) is 9.04. The molecule has 6 rings (SSSR count). The summed E-state index contributed by atoms with van der Waals surface area (Å²) >= 11 is 7.58. The van der Waals surface area contributed by atoms with Gasteiger partial charge in [0.2, 0.25) is 11.7 Å². The predicted molar refractivity (Wildman–Crippen MR) is 146 cm³/mol. The Kier molecular flexibility index (Phi) is 6.52. The van der Waals surface area contributed by atoms with E-state index in [2.05, 4.69) is 30.3 Å². The molecule has 2 aromatic carbocycles. The molecule has 4 heterocycles. The largest absolute Gasteiger partial charge is 0.342 e. The number of hydrogen-bond donors (Lipinski definition) is 3. The molecule has 3 N–H and O–H groups in total. The van der Waals surface area contributed by atoms with Crippen LogP contribution in [-0.2, 0) is 24.9 Å². The highest BCUT2D eigenvalue weighted by molar-refractivity contribution is 7.13. The monoisotopic (exact) mass is 578 g/mol. The van der Waals surface area contributed by atoms with Crippen LogP contribution in [0.2, 0.25) is 5.02 Å². The molecule has 0 fully saturated rings. The number of nitrogens with one attached hydrogen (secondary N) is 3.